The summed E-state index contributed by atoms with van der Waals surface area (Å²) < 4.78 is 29.8. The summed E-state index contributed by atoms with van der Waals surface area (Å²) in [6, 6.07) is 4.44. The van der Waals surface area contributed by atoms with Crippen LogP contribution >= 0.6 is 0 Å². The lowest BCUT2D eigenvalue weighted by Gasteiger charge is -2.10. The number of ether oxygens (including phenoxy) is 1. The maximum Gasteiger partial charge on any atom is 0.235 e. The zero-order valence-electron chi connectivity index (χ0n) is 12.0. The number of nitrogens with one attached hydrogen (secondary N) is 1. The molecule has 1 aliphatic rings. The lowest BCUT2D eigenvalue weighted by molar-refractivity contribution is -0.118. The second-order valence-electron chi connectivity index (χ2n) is 5.14. The van der Waals surface area contributed by atoms with Crippen LogP contribution in [-0.2, 0) is 14.6 Å². The average molecular weight is 312 g/mol. The van der Waals surface area contributed by atoms with Crippen LogP contribution in [0.25, 0.3) is 0 Å². The van der Waals surface area contributed by atoms with E-state index in [0.29, 0.717) is 24.8 Å². The molecule has 6 nitrogen and oxygen atoms in total. The van der Waals surface area contributed by atoms with Crippen LogP contribution in [0, 0.1) is 5.92 Å². The fourth-order valence-corrected chi connectivity index (χ4v) is 3.25. The van der Waals surface area contributed by atoms with Gasteiger partial charge in [-0.05, 0) is 37.8 Å². The quantitative estimate of drug-likeness (QED) is 0.731. The normalized spacial score (nSPS) is 14.7. The van der Waals surface area contributed by atoms with E-state index >= 15 is 0 Å². The van der Waals surface area contributed by atoms with Crippen LogP contribution in [0.1, 0.15) is 19.8 Å². The highest BCUT2D eigenvalue weighted by Gasteiger charge is 2.25. The Labute approximate surface area is 124 Å². The number of benzene rings is 1. The van der Waals surface area contributed by atoms with Crippen LogP contribution in [-0.4, -0.2) is 33.2 Å². The van der Waals surface area contributed by atoms with E-state index in [9.17, 15) is 13.2 Å². The highest BCUT2D eigenvalue weighted by atomic mass is 32.2. The molecule has 0 bridgehead atoms. The molecule has 2 rings (SSSR count). The fourth-order valence-electron chi connectivity index (χ4n) is 1.92. The number of hydrogen-bond acceptors (Lipinski definition) is 5. The first-order valence-corrected chi connectivity index (χ1v) is 8.59. The van der Waals surface area contributed by atoms with Gasteiger partial charge in [0.2, 0.25) is 5.91 Å². The monoisotopic (exact) mass is 312 g/mol. The molecule has 1 saturated carbocycles. The van der Waals surface area contributed by atoms with E-state index in [1.807, 2.05) is 0 Å². The Morgan fingerprint density at radius 2 is 2.14 bits per heavy atom. The van der Waals surface area contributed by atoms with Crippen molar-refractivity contribution in [2.24, 2.45) is 5.92 Å². The lowest BCUT2D eigenvalue weighted by Crippen LogP contribution is -2.32. The smallest absolute Gasteiger partial charge is 0.235 e. The predicted octanol–water partition coefficient (Wildman–Crippen LogP) is 0.967. The average Bonchev–Trinajstić information content (AvgIpc) is 3.22. The molecule has 0 unspecified atom stereocenters. The second-order valence-corrected chi connectivity index (χ2v) is 7.10. The largest absolute Gasteiger partial charge is 0.494 e. The van der Waals surface area contributed by atoms with Crippen molar-refractivity contribution in [2.45, 2.75) is 24.7 Å². The van der Waals surface area contributed by atoms with Crippen molar-refractivity contribution in [1.82, 2.24) is 5.32 Å². The van der Waals surface area contributed by atoms with E-state index in [1.165, 1.54) is 12.1 Å². The van der Waals surface area contributed by atoms with E-state index < -0.39 is 21.5 Å². The molecular formula is C14H20N2O4S. The first kappa shape index (κ1) is 15.6. The molecule has 0 spiro atoms. The zero-order valence-corrected chi connectivity index (χ0v) is 12.8. The van der Waals surface area contributed by atoms with Crippen molar-refractivity contribution in [3.63, 3.8) is 0 Å². The topological polar surface area (TPSA) is 98.5 Å². The van der Waals surface area contributed by atoms with Gasteiger partial charge in [-0.15, -0.1) is 0 Å². The SMILES string of the molecule is CCOc1ccc(N)c(S(=O)(=O)CC(=O)NCC2CC2)c1. The Hall–Kier alpha value is -1.76. The minimum Gasteiger partial charge on any atom is -0.494 e. The third kappa shape index (κ3) is 4.35. The van der Waals surface area contributed by atoms with E-state index in [-0.39, 0.29) is 10.6 Å². The summed E-state index contributed by atoms with van der Waals surface area (Å²) in [5.74, 6) is -0.172. The van der Waals surface area contributed by atoms with Crippen molar-refractivity contribution in [1.29, 1.82) is 0 Å². The van der Waals surface area contributed by atoms with Gasteiger partial charge in [0.15, 0.2) is 9.84 Å². The van der Waals surface area contributed by atoms with Crippen LogP contribution < -0.4 is 15.8 Å². The molecule has 0 aromatic heterocycles. The molecular weight excluding hydrogens is 292 g/mol. The van der Waals surface area contributed by atoms with Crippen LogP contribution in [0.2, 0.25) is 0 Å². The number of nitrogen functional groups attached to an aromatic ring is 1. The van der Waals surface area contributed by atoms with Gasteiger partial charge < -0.3 is 15.8 Å². The molecule has 7 heteroatoms. The van der Waals surface area contributed by atoms with Gasteiger partial charge in [-0.1, -0.05) is 0 Å². The minimum atomic E-state index is -3.78. The molecule has 0 aliphatic heterocycles. The summed E-state index contributed by atoms with van der Waals surface area (Å²) in [5, 5.41) is 2.64. The van der Waals surface area contributed by atoms with Gasteiger partial charge >= 0.3 is 0 Å². The maximum atomic E-state index is 12.3. The van der Waals surface area contributed by atoms with Crippen molar-refractivity contribution in [3.8, 4) is 5.75 Å². The standard InChI is InChI=1S/C14H20N2O4S/c1-2-20-11-5-6-12(15)13(7-11)21(18,19)9-14(17)16-8-10-3-4-10/h5-7,10H,2-4,8-9,15H2,1H3,(H,16,17). The molecule has 1 aliphatic carbocycles. The van der Waals surface area contributed by atoms with Gasteiger partial charge in [0.1, 0.15) is 11.5 Å². The lowest BCUT2D eigenvalue weighted by atomic mass is 10.3. The molecule has 3 N–H and O–H groups in total. The molecule has 1 amide bonds. The first-order valence-electron chi connectivity index (χ1n) is 6.94. The van der Waals surface area contributed by atoms with Crippen molar-refractivity contribution < 1.29 is 17.9 Å². The highest BCUT2D eigenvalue weighted by molar-refractivity contribution is 7.92. The second kappa shape index (κ2) is 6.34. The molecule has 1 aromatic rings. The summed E-state index contributed by atoms with van der Waals surface area (Å²) in [4.78, 5) is 11.7. The summed E-state index contributed by atoms with van der Waals surface area (Å²) in [5.41, 5.74) is 5.83. The Morgan fingerprint density at radius 1 is 1.43 bits per heavy atom. The minimum absolute atomic E-state index is 0.0602. The van der Waals surface area contributed by atoms with Gasteiger partial charge in [-0.3, -0.25) is 4.79 Å². The molecule has 0 heterocycles. The van der Waals surface area contributed by atoms with E-state index in [0.717, 1.165) is 12.8 Å². The van der Waals surface area contributed by atoms with Gasteiger partial charge in [-0.2, -0.15) is 0 Å². The van der Waals surface area contributed by atoms with E-state index in [4.69, 9.17) is 10.5 Å². The number of carbonyl (C=O) groups excluding carboxylic acids is 1. The molecule has 116 valence electrons. The van der Waals surface area contributed by atoms with Gasteiger partial charge in [-0.25, -0.2) is 8.42 Å². The van der Waals surface area contributed by atoms with Gasteiger partial charge in [0.05, 0.1) is 17.2 Å². The summed E-state index contributed by atoms with van der Waals surface area (Å²) in [6.45, 7) is 2.77. The van der Waals surface area contributed by atoms with Crippen molar-refractivity contribution in [3.05, 3.63) is 18.2 Å². The zero-order chi connectivity index (χ0) is 15.5. The van der Waals surface area contributed by atoms with Crippen LogP contribution in [0.5, 0.6) is 5.75 Å². The molecule has 0 saturated heterocycles. The molecule has 0 radical (unpaired) electrons. The number of hydrogen-bond donors (Lipinski definition) is 2. The van der Waals surface area contributed by atoms with E-state index in [1.54, 1.807) is 13.0 Å². The number of amides is 1. The number of nitrogens with two attached hydrogens (primary N) is 1. The Kier molecular flexibility index (Phi) is 4.72. The van der Waals surface area contributed by atoms with Gasteiger partial charge in [0, 0.05) is 12.6 Å². The van der Waals surface area contributed by atoms with Crippen molar-refractivity contribution in [2.75, 3.05) is 24.6 Å². The summed E-state index contributed by atoms with van der Waals surface area (Å²) in [6.07, 6.45) is 2.19. The molecule has 21 heavy (non-hydrogen) atoms. The van der Waals surface area contributed by atoms with Crippen molar-refractivity contribution >= 4 is 21.4 Å². The fraction of sp³-hybridized carbons (Fsp3) is 0.500. The van der Waals surface area contributed by atoms with Crippen LogP contribution in [0.15, 0.2) is 23.1 Å². The molecule has 0 atom stereocenters. The Morgan fingerprint density at radius 3 is 2.76 bits per heavy atom. The Bertz CT molecular complexity index is 624. The number of sulfone groups is 1. The number of rotatable bonds is 7. The predicted molar refractivity (Wildman–Crippen MR) is 79.8 cm³/mol. The third-order valence-electron chi connectivity index (χ3n) is 3.24. The summed E-state index contributed by atoms with van der Waals surface area (Å²) in [7, 11) is -3.78. The summed E-state index contributed by atoms with van der Waals surface area (Å²) >= 11 is 0. The maximum absolute atomic E-state index is 12.3. The molecule has 1 aromatic carbocycles. The number of anilines is 1. The Balaban J connectivity index is 2.09. The van der Waals surface area contributed by atoms with Crippen LogP contribution in [0.3, 0.4) is 0 Å². The first-order chi connectivity index (χ1) is 9.92. The van der Waals surface area contributed by atoms with E-state index in [2.05, 4.69) is 5.32 Å². The third-order valence-corrected chi connectivity index (χ3v) is 4.90. The number of carbonyl (C=O) groups is 1. The molecule has 1 fully saturated rings. The van der Waals surface area contributed by atoms with Crippen LogP contribution in [0.4, 0.5) is 5.69 Å². The van der Waals surface area contributed by atoms with Gasteiger partial charge in [0.25, 0.3) is 0 Å². The highest BCUT2D eigenvalue weighted by Crippen LogP contribution is 2.28.